The Balaban J connectivity index is 2.03. The number of halogens is 2. The molecule has 0 amide bonds. The van der Waals surface area contributed by atoms with Crippen molar-refractivity contribution in [3.63, 3.8) is 0 Å². The Kier molecular flexibility index (Phi) is 3.94. The number of aromatic amines is 1. The zero-order valence-electron chi connectivity index (χ0n) is 11.6. The van der Waals surface area contributed by atoms with Crippen molar-refractivity contribution in [2.75, 3.05) is 5.73 Å². The lowest BCUT2D eigenvalue weighted by Crippen LogP contribution is -2.11. The third kappa shape index (κ3) is 3.29. The van der Waals surface area contributed by atoms with Crippen molar-refractivity contribution < 1.29 is 9.13 Å². The van der Waals surface area contributed by atoms with Gasteiger partial charge in [-0.05, 0) is 30.3 Å². The Morgan fingerprint density at radius 1 is 1.22 bits per heavy atom. The van der Waals surface area contributed by atoms with E-state index in [1.165, 1.54) is 12.3 Å². The molecule has 23 heavy (non-hydrogen) atoms. The van der Waals surface area contributed by atoms with Crippen LogP contribution in [0.3, 0.4) is 0 Å². The van der Waals surface area contributed by atoms with Crippen molar-refractivity contribution >= 4 is 17.3 Å². The largest absolute Gasteiger partial charge is 0.437 e. The molecule has 0 saturated heterocycles. The summed E-state index contributed by atoms with van der Waals surface area (Å²) in [5.41, 5.74) is 5.90. The molecule has 2 heterocycles. The lowest BCUT2D eigenvalue weighted by Gasteiger charge is -2.08. The second-order valence-electron chi connectivity index (χ2n) is 4.57. The fourth-order valence-corrected chi connectivity index (χ4v) is 1.97. The van der Waals surface area contributed by atoms with Crippen LogP contribution in [0.2, 0.25) is 5.02 Å². The Morgan fingerprint density at radius 3 is 2.65 bits per heavy atom. The van der Waals surface area contributed by atoms with Crippen molar-refractivity contribution in [3.05, 3.63) is 63.9 Å². The monoisotopic (exact) mass is 332 g/mol. The third-order valence-corrected chi connectivity index (χ3v) is 3.26. The molecule has 3 aromatic rings. The van der Waals surface area contributed by atoms with Gasteiger partial charge in [-0.2, -0.15) is 9.37 Å². The predicted octanol–water partition coefficient (Wildman–Crippen LogP) is 3.00. The maximum atomic E-state index is 13.2. The number of pyridine rings is 1. The van der Waals surface area contributed by atoms with Crippen LogP contribution in [0.4, 0.5) is 10.1 Å². The third-order valence-electron chi connectivity index (χ3n) is 2.93. The first-order chi connectivity index (χ1) is 11.0. The number of ether oxygens (including phenoxy) is 1. The highest BCUT2D eigenvalue weighted by atomic mass is 35.5. The van der Waals surface area contributed by atoms with E-state index in [0.29, 0.717) is 17.0 Å². The number of hydrogen-bond donors (Lipinski definition) is 2. The molecule has 0 aliphatic rings. The summed E-state index contributed by atoms with van der Waals surface area (Å²) in [7, 11) is 0. The van der Waals surface area contributed by atoms with Gasteiger partial charge in [0.25, 0.3) is 5.56 Å². The molecular weight excluding hydrogens is 323 g/mol. The van der Waals surface area contributed by atoms with E-state index in [9.17, 15) is 9.18 Å². The average Bonchev–Trinajstić information content (AvgIpc) is 2.53. The molecule has 116 valence electrons. The Labute approximate surface area is 134 Å². The number of aromatic nitrogens is 3. The van der Waals surface area contributed by atoms with Gasteiger partial charge in [-0.3, -0.25) is 4.79 Å². The Bertz CT molecular complexity index is 912. The van der Waals surface area contributed by atoms with Crippen molar-refractivity contribution in [2.45, 2.75) is 0 Å². The quantitative estimate of drug-likeness (QED) is 0.568. The van der Waals surface area contributed by atoms with E-state index < -0.39 is 11.5 Å². The van der Waals surface area contributed by atoms with Gasteiger partial charge in [0.05, 0.1) is 0 Å². The van der Waals surface area contributed by atoms with Gasteiger partial charge in [0, 0.05) is 23.5 Å². The molecule has 3 rings (SSSR count). The van der Waals surface area contributed by atoms with E-state index in [1.54, 1.807) is 24.3 Å². The predicted molar refractivity (Wildman–Crippen MR) is 84.0 cm³/mol. The zero-order chi connectivity index (χ0) is 16.4. The number of anilines is 1. The lowest BCUT2D eigenvalue weighted by atomic mass is 10.2. The SMILES string of the molecule is Nc1ccc(Oc2nc(-c3ccnc(F)c3)[nH]c(=O)c2Cl)cc1. The molecule has 0 bridgehead atoms. The van der Waals surface area contributed by atoms with Crippen molar-refractivity contribution in [3.8, 4) is 23.0 Å². The fourth-order valence-electron chi connectivity index (χ4n) is 1.84. The second-order valence-corrected chi connectivity index (χ2v) is 4.95. The van der Waals surface area contributed by atoms with E-state index in [2.05, 4.69) is 15.0 Å². The van der Waals surface area contributed by atoms with Crippen LogP contribution in [0.25, 0.3) is 11.4 Å². The van der Waals surface area contributed by atoms with E-state index in [-0.39, 0.29) is 16.7 Å². The number of H-pyrrole nitrogens is 1. The summed E-state index contributed by atoms with van der Waals surface area (Å²) in [5, 5.41) is -0.208. The van der Waals surface area contributed by atoms with E-state index >= 15 is 0 Å². The molecule has 8 heteroatoms. The molecule has 1 aromatic carbocycles. The van der Waals surface area contributed by atoms with Gasteiger partial charge in [-0.1, -0.05) is 11.6 Å². The van der Waals surface area contributed by atoms with Crippen LogP contribution in [0.15, 0.2) is 47.4 Å². The fraction of sp³-hybridized carbons (Fsp3) is 0. The zero-order valence-corrected chi connectivity index (χ0v) is 12.3. The first kappa shape index (κ1) is 15.0. The standard InChI is InChI=1S/C15H10ClFN4O2/c16-12-14(22)20-13(8-5-6-19-11(17)7-8)21-15(12)23-10-3-1-9(18)2-4-10/h1-7H,18H2,(H,20,21,22). The minimum absolute atomic E-state index is 0.0904. The van der Waals surface area contributed by atoms with Crippen molar-refractivity contribution in [1.82, 2.24) is 15.0 Å². The minimum atomic E-state index is -0.693. The maximum Gasteiger partial charge on any atom is 0.273 e. The van der Waals surface area contributed by atoms with E-state index in [0.717, 1.165) is 6.07 Å². The highest BCUT2D eigenvalue weighted by Gasteiger charge is 2.13. The molecular formula is C15H10ClFN4O2. The molecule has 0 radical (unpaired) electrons. The average molecular weight is 333 g/mol. The second kappa shape index (κ2) is 6.05. The molecule has 3 N–H and O–H groups in total. The van der Waals surface area contributed by atoms with Gasteiger partial charge in [0.2, 0.25) is 11.8 Å². The summed E-state index contributed by atoms with van der Waals surface area (Å²) < 4.78 is 18.7. The number of nitrogens with one attached hydrogen (secondary N) is 1. The number of rotatable bonds is 3. The van der Waals surface area contributed by atoms with Gasteiger partial charge < -0.3 is 15.5 Å². The van der Waals surface area contributed by atoms with E-state index in [1.807, 2.05) is 0 Å². The van der Waals surface area contributed by atoms with Crippen LogP contribution in [0, 0.1) is 5.95 Å². The maximum absolute atomic E-state index is 13.2. The molecule has 0 aliphatic heterocycles. The molecule has 2 aromatic heterocycles. The van der Waals surface area contributed by atoms with Crippen LogP contribution < -0.4 is 16.0 Å². The minimum Gasteiger partial charge on any atom is -0.437 e. The first-order valence-electron chi connectivity index (χ1n) is 6.48. The molecule has 0 fully saturated rings. The smallest absolute Gasteiger partial charge is 0.273 e. The number of nitrogen functional groups attached to an aromatic ring is 1. The van der Waals surface area contributed by atoms with Gasteiger partial charge in [0.1, 0.15) is 11.6 Å². The van der Waals surface area contributed by atoms with Crippen LogP contribution in [-0.4, -0.2) is 15.0 Å². The number of hydrogen-bond acceptors (Lipinski definition) is 5. The summed E-state index contributed by atoms with van der Waals surface area (Å²) in [6, 6.07) is 9.13. The van der Waals surface area contributed by atoms with Crippen LogP contribution in [0.5, 0.6) is 11.6 Å². The summed E-state index contributed by atoms with van der Waals surface area (Å²) in [5.74, 6) is -0.259. The van der Waals surface area contributed by atoms with Crippen molar-refractivity contribution in [2.24, 2.45) is 0 Å². The lowest BCUT2D eigenvalue weighted by molar-refractivity contribution is 0.462. The van der Waals surface area contributed by atoms with Crippen LogP contribution in [0.1, 0.15) is 0 Å². The van der Waals surface area contributed by atoms with Gasteiger partial charge >= 0.3 is 0 Å². The highest BCUT2D eigenvalue weighted by Crippen LogP contribution is 2.27. The number of nitrogens with zero attached hydrogens (tertiary/aromatic N) is 2. The molecule has 0 atom stereocenters. The van der Waals surface area contributed by atoms with Gasteiger partial charge in [0.15, 0.2) is 5.02 Å². The van der Waals surface area contributed by atoms with Gasteiger partial charge in [-0.25, -0.2) is 4.98 Å². The van der Waals surface area contributed by atoms with Gasteiger partial charge in [-0.15, -0.1) is 0 Å². The highest BCUT2D eigenvalue weighted by molar-refractivity contribution is 6.31. The molecule has 0 saturated carbocycles. The Hall–Kier alpha value is -2.93. The molecule has 0 aliphatic carbocycles. The summed E-state index contributed by atoms with van der Waals surface area (Å²) in [4.78, 5) is 22.0. The molecule has 0 spiro atoms. The van der Waals surface area contributed by atoms with Crippen LogP contribution in [-0.2, 0) is 0 Å². The number of nitrogens with two attached hydrogens (primary N) is 1. The van der Waals surface area contributed by atoms with E-state index in [4.69, 9.17) is 22.1 Å². The number of benzene rings is 1. The van der Waals surface area contributed by atoms with Crippen LogP contribution >= 0.6 is 11.6 Å². The summed E-state index contributed by atoms with van der Waals surface area (Å²) in [6.45, 7) is 0. The summed E-state index contributed by atoms with van der Waals surface area (Å²) >= 11 is 5.92. The first-order valence-corrected chi connectivity index (χ1v) is 6.86. The molecule has 6 nitrogen and oxygen atoms in total. The van der Waals surface area contributed by atoms with Crippen molar-refractivity contribution in [1.29, 1.82) is 0 Å². The Morgan fingerprint density at radius 2 is 1.96 bits per heavy atom. The summed E-state index contributed by atoms with van der Waals surface area (Å²) in [6.07, 6.45) is 1.26. The topological polar surface area (TPSA) is 93.9 Å². The molecule has 0 unspecified atom stereocenters. The normalized spacial score (nSPS) is 10.5.